The zero-order valence-electron chi connectivity index (χ0n) is 37.4. The molecule has 9 nitrogen and oxygen atoms in total. The molecule has 0 aromatic heterocycles. The minimum atomic E-state index is -0.967. The zero-order chi connectivity index (χ0) is 41.8. The van der Waals surface area contributed by atoms with Crippen LogP contribution in [0.15, 0.2) is 11.1 Å². The number of amides is 1. The van der Waals surface area contributed by atoms with Gasteiger partial charge in [0.2, 0.25) is 5.91 Å². The summed E-state index contributed by atoms with van der Waals surface area (Å²) in [7, 11) is 0. The van der Waals surface area contributed by atoms with Crippen LogP contribution in [0.5, 0.6) is 0 Å². The summed E-state index contributed by atoms with van der Waals surface area (Å²) in [6.45, 7) is 28.4. The lowest BCUT2D eigenvalue weighted by molar-refractivity contribution is -0.236. The molecular formula is C47H75ClN2O7. The number of ether oxygens (including phenoxy) is 2. The molecule has 0 aliphatic heterocycles. The maximum absolute atomic E-state index is 14.3. The average Bonchev–Trinajstić information content (AvgIpc) is 3.38. The van der Waals surface area contributed by atoms with E-state index in [0.717, 1.165) is 50.5 Å². The average molecular weight is 816 g/mol. The van der Waals surface area contributed by atoms with Crippen molar-refractivity contribution in [3.63, 3.8) is 0 Å². The lowest BCUT2D eigenvalue weighted by atomic mass is 9.33. The monoisotopic (exact) mass is 815 g/mol. The van der Waals surface area contributed by atoms with Crippen LogP contribution in [0.3, 0.4) is 0 Å². The summed E-state index contributed by atoms with van der Waals surface area (Å²) in [5, 5.41) is 3.50. The van der Waals surface area contributed by atoms with Gasteiger partial charge in [-0.05, 0) is 115 Å². The minimum Gasteiger partial charge on any atom is -0.464 e. The van der Waals surface area contributed by atoms with Crippen LogP contribution in [0.4, 0.5) is 0 Å². The number of hydrogen-bond donors (Lipinski definition) is 2. The van der Waals surface area contributed by atoms with Crippen molar-refractivity contribution in [2.24, 2.45) is 73.7 Å². The Morgan fingerprint density at radius 2 is 1.51 bits per heavy atom. The Labute approximate surface area is 349 Å². The fourth-order valence-electron chi connectivity index (χ4n) is 14.1. The molecule has 0 unspecified atom stereocenters. The minimum absolute atomic E-state index is 0. The molecule has 11 atom stereocenters. The Bertz CT molecular complexity index is 1680. The number of halogens is 1. The van der Waals surface area contributed by atoms with Gasteiger partial charge in [0.15, 0.2) is 11.6 Å². The fraction of sp³-hybridized carbons (Fsp3) is 0.851. The molecule has 0 aromatic rings. The van der Waals surface area contributed by atoms with Crippen LogP contribution in [-0.2, 0) is 33.4 Å². The topological polar surface area (TPSA) is 142 Å². The van der Waals surface area contributed by atoms with Gasteiger partial charge in [0.05, 0.1) is 22.9 Å². The van der Waals surface area contributed by atoms with Crippen LogP contribution < -0.4 is 11.1 Å². The lowest BCUT2D eigenvalue weighted by Crippen LogP contribution is -2.67. The largest absolute Gasteiger partial charge is 0.464 e. The van der Waals surface area contributed by atoms with Gasteiger partial charge in [0.1, 0.15) is 12.2 Å². The quantitative estimate of drug-likeness (QED) is 0.156. The van der Waals surface area contributed by atoms with Crippen molar-refractivity contribution in [2.45, 2.75) is 184 Å². The van der Waals surface area contributed by atoms with Crippen molar-refractivity contribution >= 4 is 42.3 Å². The number of ketones is 2. The van der Waals surface area contributed by atoms with Gasteiger partial charge >= 0.3 is 5.97 Å². The summed E-state index contributed by atoms with van der Waals surface area (Å²) >= 11 is 0. The molecule has 3 N–H and O–H groups in total. The molecule has 0 spiro atoms. The van der Waals surface area contributed by atoms with Gasteiger partial charge in [-0.15, -0.1) is 12.4 Å². The van der Waals surface area contributed by atoms with Crippen LogP contribution in [0, 0.1) is 68.0 Å². The summed E-state index contributed by atoms with van der Waals surface area (Å²) in [5.74, 6) is 0.480. The molecule has 1 amide bonds. The first kappa shape index (κ1) is 45.8. The van der Waals surface area contributed by atoms with Crippen LogP contribution in [0.25, 0.3) is 0 Å². The number of carbonyl (C=O) groups is 5. The molecule has 322 valence electrons. The summed E-state index contributed by atoms with van der Waals surface area (Å²) < 4.78 is 11.7. The second kappa shape index (κ2) is 15.0. The van der Waals surface area contributed by atoms with Gasteiger partial charge in [-0.2, -0.15) is 0 Å². The molecule has 6 aliphatic rings. The van der Waals surface area contributed by atoms with Crippen molar-refractivity contribution < 1.29 is 33.4 Å². The molecule has 5 saturated carbocycles. The molecular weight excluding hydrogens is 740 g/mol. The van der Waals surface area contributed by atoms with Gasteiger partial charge in [0.25, 0.3) is 6.47 Å². The van der Waals surface area contributed by atoms with Crippen LogP contribution in [0.2, 0.25) is 0 Å². The first-order valence-electron chi connectivity index (χ1n) is 21.9. The predicted octanol–water partition coefficient (Wildman–Crippen LogP) is 8.73. The number of rotatable bonds is 11. The molecule has 0 saturated heterocycles. The predicted molar refractivity (Wildman–Crippen MR) is 224 cm³/mol. The van der Waals surface area contributed by atoms with E-state index in [1.165, 1.54) is 5.57 Å². The molecule has 0 bridgehead atoms. The number of esters is 1. The maximum Gasteiger partial charge on any atom is 0.310 e. The highest BCUT2D eigenvalue weighted by Crippen LogP contribution is 2.76. The second-order valence-electron chi connectivity index (χ2n) is 22.6. The lowest BCUT2D eigenvalue weighted by Gasteiger charge is -2.72. The molecule has 6 aliphatic carbocycles. The Morgan fingerprint density at radius 3 is 2.09 bits per heavy atom. The van der Waals surface area contributed by atoms with Gasteiger partial charge in [-0.1, -0.05) is 90.0 Å². The summed E-state index contributed by atoms with van der Waals surface area (Å²) in [5.41, 5.74) is 5.97. The van der Waals surface area contributed by atoms with E-state index in [1.54, 1.807) is 0 Å². The smallest absolute Gasteiger partial charge is 0.310 e. The molecule has 10 heteroatoms. The normalized spacial score (nSPS) is 39.7. The molecule has 6 rings (SSSR count). The van der Waals surface area contributed by atoms with Crippen molar-refractivity contribution in [3.05, 3.63) is 11.1 Å². The second-order valence-corrected chi connectivity index (χ2v) is 22.6. The van der Waals surface area contributed by atoms with Gasteiger partial charge in [-0.3, -0.25) is 24.0 Å². The van der Waals surface area contributed by atoms with E-state index in [-0.39, 0.29) is 99.8 Å². The third kappa shape index (κ3) is 6.87. The number of Topliss-reactive ketones (excluding diaryl/α,β-unsaturated/α-hetero) is 2. The highest BCUT2D eigenvalue weighted by molar-refractivity contribution is 6.03. The van der Waals surface area contributed by atoms with E-state index in [2.05, 4.69) is 53.8 Å². The molecule has 0 aromatic carbocycles. The molecule has 0 radical (unpaired) electrons. The third-order valence-corrected chi connectivity index (χ3v) is 18.0. The highest BCUT2D eigenvalue weighted by Gasteiger charge is 2.70. The van der Waals surface area contributed by atoms with Crippen LogP contribution >= 0.6 is 12.4 Å². The highest BCUT2D eigenvalue weighted by atomic mass is 35.5. The Kier molecular flexibility index (Phi) is 12.1. The summed E-state index contributed by atoms with van der Waals surface area (Å²) in [6.07, 6.45) is 8.02. The third-order valence-electron chi connectivity index (χ3n) is 18.0. The SMILES string of the molecule is CC(C)C1=C2[C@H]3CC[C@@H]4[C@@]5(C)CC[C@H](OC(=O)[C@H]6C[C@@H](OC=O)C6(C)C)C(C)(C)[C@@H]5CC[C@@]4(C)[C@]3(C)CC[C@@]2(NC(=O)C(C)(C)CC(=O)[C@@H](N)C(C)C)CC1=O.Cl. The number of fused-ring (bicyclic) bond motifs is 7. The molecule has 0 heterocycles. The van der Waals surface area contributed by atoms with E-state index in [4.69, 9.17) is 15.2 Å². The van der Waals surface area contributed by atoms with E-state index in [9.17, 15) is 24.0 Å². The van der Waals surface area contributed by atoms with Gasteiger partial charge < -0.3 is 20.5 Å². The standard InChI is InChI=1S/C47H74N2O7.ClH/c1-26(2)36-30(51)24-47(49-40(54)41(5,6)23-31(52)38(48)27(3)4)21-20-45(12)28(37(36)47)14-15-33-44(11)18-17-34(43(9,10)32(44)16-19-46(33,45)13)56-39(53)29-22-35(55-25-50)42(29,7)8;/h25-29,32-35,38H,14-24,48H2,1-13H3,(H,49,54);1H/t28-,29-,32+,33-,34+,35-,38+,44+,45-,46-,47-;/m1./s1. The number of allylic oxidation sites excluding steroid dienone is 1. The molecule has 5 fully saturated rings. The van der Waals surface area contributed by atoms with Crippen molar-refractivity contribution in [3.8, 4) is 0 Å². The maximum atomic E-state index is 14.3. The van der Waals surface area contributed by atoms with E-state index >= 15 is 0 Å². The number of carbonyl (C=O) groups excluding carboxylic acids is 5. The first-order valence-corrected chi connectivity index (χ1v) is 21.9. The van der Waals surface area contributed by atoms with Gasteiger partial charge in [0, 0.05) is 23.7 Å². The Balaban J connectivity index is 0.00000620. The van der Waals surface area contributed by atoms with Crippen molar-refractivity contribution in [1.29, 1.82) is 0 Å². The number of nitrogens with two attached hydrogens (primary N) is 1. The number of hydrogen-bond acceptors (Lipinski definition) is 8. The zero-order valence-corrected chi connectivity index (χ0v) is 38.2. The van der Waals surface area contributed by atoms with E-state index < -0.39 is 22.4 Å². The van der Waals surface area contributed by atoms with Crippen molar-refractivity contribution in [1.82, 2.24) is 5.32 Å². The Hall–Kier alpha value is -2.26. The van der Waals surface area contributed by atoms with Crippen LogP contribution in [-0.4, -0.2) is 53.7 Å². The van der Waals surface area contributed by atoms with Crippen LogP contribution in [0.1, 0.15) is 161 Å². The summed E-state index contributed by atoms with van der Waals surface area (Å²) in [6, 6.07) is -0.617. The fourth-order valence-corrected chi connectivity index (χ4v) is 14.1. The van der Waals surface area contributed by atoms with E-state index in [1.807, 2.05) is 41.5 Å². The Morgan fingerprint density at radius 1 is 0.860 bits per heavy atom. The van der Waals surface area contributed by atoms with E-state index in [0.29, 0.717) is 37.6 Å². The molecule has 57 heavy (non-hydrogen) atoms. The first-order chi connectivity index (χ1) is 25.7. The summed E-state index contributed by atoms with van der Waals surface area (Å²) in [4.78, 5) is 66.3. The van der Waals surface area contributed by atoms with Gasteiger partial charge in [-0.25, -0.2) is 0 Å². The number of nitrogens with one attached hydrogen (secondary N) is 1. The van der Waals surface area contributed by atoms with Crippen molar-refractivity contribution in [2.75, 3.05) is 0 Å².